The number of nitrogens with one attached hydrogen (secondary N) is 2. The van der Waals surface area contributed by atoms with E-state index in [1.54, 1.807) is 6.20 Å². The third kappa shape index (κ3) is 4.20. The lowest BCUT2D eigenvalue weighted by molar-refractivity contribution is 0.295. The van der Waals surface area contributed by atoms with Crippen LogP contribution in [-0.4, -0.2) is 25.6 Å². The van der Waals surface area contributed by atoms with Crippen LogP contribution in [0.25, 0.3) is 11.2 Å². The highest BCUT2D eigenvalue weighted by molar-refractivity contribution is 5.76. The van der Waals surface area contributed by atoms with Crippen LogP contribution >= 0.6 is 0 Å². The molecular weight excluding hydrogens is 398 g/mol. The number of fused-ring (bicyclic) bond motifs is 1. The van der Waals surface area contributed by atoms with E-state index >= 15 is 0 Å². The summed E-state index contributed by atoms with van der Waals surface area (Å²) in [5, 5.41) is 6.54. The summed E-state index contributed by atoms with van der Waals surface area (Å²) in [6.45, 7) is 2.28. The van der Waals surface area contributed by atoms with Crippen molar-refractivity contribution in [2.24, 2.45) is 5.92 Å². The van der Waals surface area contributed by atoms with Gasteiger partial charge in [0.25, 0.3) is 0 Å². The smallest absolute Gasteiger partial charge is 0.224 e. The number of hydrogen-bond acceptors (Lipinski definition) is 5. The molecule has 8 heteroatoms. The van der Waals surface area contributed by atoms with E-state index in [2.05, 4.69) is 32.1 Å². The molecule has 0 unspecified atom stereocenters. The first kappa shape index (κ1) is 20.2. The Hall–Kier alpha value is -2.77. The fourth-order valence-corrected chi connectivity index (χ4v) is 4.86. The molecule has 2 fully saturated rings. The molecular formula is C23H28F2N6. The van der Waals surface area contributed by atoms with Gasteiger partial charge in [0, 0.05) is 18.2 Å². The number of imidazole rings is 1. The van der Waals surface area contributed by atoms with E-state index in [1.165, 1.54) is 25.0 Å². The molecule has 3 aromatic rings. The monoisotopic (exact) mass is 426 g/mol. The number of hydrogen-bond donors (Lipinski definition) is 2. The maximum atomic E-state index is 14.3. The van der Waals surface area contributed by atoms with E-state index < -0.39 is 11.6 Å². The Morgan fingerprint density at radius 1 is 1.00 bits per heavy atom. The van der Waals surface area contributed by atoms with E-state index in [-0.39, 0.29) is 11.7 Å². The fourth-order valence-electron chi connectivity index (χ4n) is 4.86. The molecule has 1 aromatic carbocycles. The molecule has 6 nitrogen and oxygen atoms in total. The maximum Gasteiger partial charge on any atom is 0.224 e. The van der Waals surface area contributed by atoms with Gasteiger partial charge >= 0.3 is 0 Å². The molecule has 5 rings (SSSR count). The topological polar surface area (TPSA) is 67.7 Å². The third-order valence-electron chi connectivity index (χ3n) is 6.65. The summed E-state index contributed by atoms with van der Waals surface area (Å²) in [6.07, 6.45) is 10.8. The number of benzene rings is 1. The minimum Gasteiger partial charge on any atom is -0.351 e. The molecule has 31 heavy (non-hydrogen) atoms. The second kappa shape index (κ2) is 8.40. The van der Waals surface area contributed by atoms with E-state index in [0.717, 1.165) is 50.2 Å². The summed E-state index contributed by atoms with van der Waals surface area (Å²) in [5.74, 6) is 0.583. The molecule has 2 N–H and O–H groups in total. The predicted molar refractivity (Wildman–Crippen MR) is 118 cm³/mol. The van der Waals surface area contributed by atoms with Crippen LogP contribution in [0, 0.1) is 17.6 Å². The number of nitrogens with zero attached hydrogens (tertiary/aromatic N) is 4. The summed E-state index contributed by atoms with van der Waals surface area (Å²) in [6, 6.07) is 4.15. The zero-order valence-electron chi connectivity index (χ0n) is 17.7. The number of rotatable bonds is 5. The summed E-state index contributed by atoms with van der Waals surface area (Å²) < 4.78 is 29.8. The van der Waals surface area contributed by atoms with Crippen molar-refractivity contribution in [2.75, 3.05) is 10.6 Å². The average molecular weight is 427 g/mol. The van der Waals surface area contributed by atoms with Crippen molar-refractivity contribution < 1.29 is 8.78 Å². The van der Waals surface area contributed by atoms with Crippen LogP contribution in [0.3, 0.4) is 0 Å². The first-order valence-electron chi connectivity index (χ1n) is 11.3. The zero-order valence-corrected chi connectivity index (χ0v) is 17.7. The van der Waals surface area contributed by atoms with Gasteiger partial charge in [-0.05, 0) is 56.6 Å². The molecule has 0 amide bonds. The van der Waals surface area contributed by atoms with E-state index in [9.17, 15) is 8.78 Å². The Balaban J connectivity index is 1.53. The Morgan fingerprint density at radius 2 is 1.77 bits per heavy atom. The van der Waals surface area contributed by atoms with E-state index in [0.29, 0.717) is 29.4 Å². The van der Waals surface area contributed by atoms with E-state index in [1.807, 2.05) is 0 Å². The fraction of sp³-hybridized carbons (Fsp3) is 0.522. The summed E-state index contributed by atoms with van der Waals surface area (Å²) in [5.41, 5.74) is 1.61. The zero-order chi connectivity index (χ0) is 21.4. The molecule has 0 atom stereocenters. The molecule has 0 spiro atoms. The van der Waals surface area contributed by atoms with Crippen LogP contribution in [0.5, 0.6) is 0 Å². The lowest BCUT2D eigenvalue weighted by Gasteiger charge is -2.28. The molecule has 2 heterocycles. The molecule has 0 bridgehead atoms. The Morgan fingerprint density at radius 3 is 2.52 bits per heavy atom. The Bertz CT molecular complexity index is 1070. The quantitative estimate of drug-likeness (QED) is 0.527. The highest BCUT2D eigenvalue weighted by Gasteiger charge is 2.26. The first-order chi connectivity index (χ1) is 15.1. The van der Waals surface area contributed by atoms with Gasteiger partial charge in [-0.15, -0.1) is 0 Å². The Kier molecular flexibility index (Phi) is 5.46. The molecule has 2 aliphatic rings. The van der Waals surface area contributed by atoms with Crippen molar-refractivity contribution >= 4 is 28.7 Å². The van der Waals surface area contributed by atoms with Crippen molar-refractivity contribution in [3.63, 3.8) is 0 Å². The predicted octanol–water partition coefficient (Wildman–Crippen LogP) is 5.95. The third-order valence-corrected chi connectivity index (χ3v) is 6.65. The molecule has 0 saturated heterocycles. The van der Waals surface area contributed by atoms with Crippen molar-refractivity contribution in [2.45, 2.75) is 70.4 Å². The lowest BCUT2D eigenvalue weighted by Crippen LogP contribution is -2.20. The first-order valence-corrected chi connectivity index (χ1v) is 11.3. The van der Waals surface area contributed by atoms with Crippen LogP contribution in [0.15, 0.2) is 24.4 Å². The number of halogens is 2. The van der Waals surface area contributed by atoms with Crippen LogP contribution in [0.2, 0.25) is 0 Å². The largest absolute Gasteiger partial charge is 0.351 e. The molecule has 2 saturated carbocycles. The van der Waals surface area contributed by atoms with Gasteiger partial charge in [-0.2, -0.15) is 4.98 Å². The standard InChI is InChI=1S/C23H28F2N6/c1-14-6-9-17(10-7-14)31-21-20(13-26-22(30-21)27-16-4-2-3-5-16)29-23(31)28-19-11-8-15(24)12-18(19)25/h8,11-14,16-17H,2-7,9-10H2,1H3,(H,28,29)(H,26,27,30). The van der Waals surface area contributed by atoms with Crippen molar-refractivity contribution in [3.05, 3.63) is 36.0 Å². The van der Waals surface area contributed by atoms with Gasteiger partial charge in [-0.25, -0.2) is 18.7 Å². The maximum absolute atomic E-state index is 14.3. The molecule has 164 valence electrons. The van der Waals surface area contributed by atoms with Crippen LogP contribution in [0.1, 0.15) is 64.3 Å². The minimum atomic E-state index is -0.648. The van der Waals surface area contributed by atoms with Gasteiger partial charge in [-0.1, -0.05) is 19.8 Å². The number of anilines is 3. The number of aromatic nitrogens is 4. The van der Waals surface area contributed by atoms with Crippen LogP contribution < -0.4 is 10.6 Å². The summed E-state index contributed by atoms with van der Waals surface area (Å²) >= 11 is 0. The second-order valence-electron chi connectivity index (χ2n) is 9.00. The van der Waals surface area contributed by atoms with Crippen molar-refractivity contribution in [1.82, 2.24) is 19.5 Å². The van der Waals surface area contributed by atoms with Gasteiger partial charge in [0.15, 0.2) is 5.65 Å². The normalized spacial score (nSPS) is 22.2. The van der Waals surface area contributed by atoms with Gasteiger partial charge < -0.3 is 10.6 Å². The van der Waals surface area contributed by atoms with Crippen LogP contribution in [0.4, 0.5) is 26.4 Å². The van der Waals surface area contributed by atoms with Crippen LogP contribution in [-0.2, 0) is 0 Å². The summed E-state index contributed by atoms with van der Waals surface area (Å²) in [4.78, 5) is 14.0. The summed E-state index contributed by atoms with van der Waals surface area (Å²) in [7, 11) is 0. The highest BCUT2D eigenvalue weighted by Crippen LogP contribution is 2.37. The molecule has 0 radical (unpaired) electrons. The molecule has 2 aromatic heterocycles. The minimum absolute atomic E-state index is 0.194. The van der Waals surface area contributed by atoms with Gasteiger partial charge in [0.05, 0.1) is 11.9 Å². The van der Waals surface area contributed by atoms with Gasteiger partial charge in [0.1, 0.15) is 17.2 Å². The molecule has 0 aliphatic heterocycles. The van der Waals surface area contributed by atoms with Crippen molar-refractivity contribution in [3.8, 4) is 0 Å². The lowest BCUT2D eigenvalue weighted by atomic mass is 9.87. The SMILES string of the molecule is CC1CCC(n2c(Nc3ccc(F)cc3F)nc3cnc(NC4CCCC4)nc32)CC1. The highest BCUT2D eigenvalue weighted by atomic mass is 19.1. The molecule has 2 aliphatic carbocycles. The van der Waals surface area contributed by atoms with E-state index in [4.69, 9.17) is 4.98 Å². The van der Waals surface area contributed by atoms with Gasteiger partial charge in [0.2, 0.25) is 11.9 Å². The van der Waals surface area contributed by atoms with Gasteiger partial charge in [-0.3, -0.25) is 4.57 Å². The van der Waals surface area contributed by atoms with Crippen molar-refractivity contribution in [1.29, 1.82) is 0 Å². The second-order valence-corrected chi connectivity index (χ2v) is 9.00. The Labute approximate surface area is 180 Å². The average Bonchev–Trinajstić information content (AvgIpc) is 3.38.